The predicted octanol–water partition coefficient (Wildman–Crippen LogP) is 1.55. The van der Waals surface area contributed by atoms with Crippen LogP contribution in [-0.2, 0) is 13.6 Å². The molecule has 0 aliphatic heterocycles. The summed E-state index contributed by atoms with van der Waals surface area (Å²) in [4.78, 5) is 7.55. The predicted molar refractivity (Wildman–Crippen MR) is 67.0 cm³/mol. The first-order chi connectivity index (χ1) is 7.66. The van der Waals surface area contributed by atoms with Crippen LogP contribution in [0.5, 0.6) is 0 Å². The Morgan fingerprint density at radius 2 is 2.31 bits per heavy atom. The fourth-order valence-corrected chi connectivity index (χ4v) is 2.08. The maximum atomic E-state index is 4.32. The second-order valence-electron chi connectivity index (χ2n) is 3.70. The molecule has 1 N–H and O–H groups in total. The molecule has 0 saturated carbocycles. The van der Waals surface area contributed by atoms with Gasteiger partial charge in [0.1, 0.15) is 5.82 Å². The van der Waals surface area contributed by atoms with Gasteiger partial charge in [-0.3, -0.25) is 4.68 Å². The molecule has 0 aliphatic carbocycles. The molecule has 2 aromatic heterocycles. The molecule has 0 bridgehead atoms. The van der Waals surface area contributed by atoms with Crippen molar-refractivity contribution in [3.8, 4) is 0 Å². The average Bonchev–Trinajstić information content (AvgIpc) is 2.83. The van der Waals surface area contributed by atoms with Crippen molar-refractivity contribution in [2.24, 2.45) is 7.05 Å². The normalized spacial score (nSPS) is 10.4. The van der Waals surface area contributed by atoms with E-state index < -0.39 is 0 Å². The fraction of sp³-hybridized carbons (Fsp3) is 0.400. The van der Waals surface area contributed by atoms with Gasteiger partial charge in [0.2, 0.25) is 0 Å². The lowest BCUT2D eigenvalue weighted by atomic mass is 10.5. The summed E-state index contributed by atoms with van der Waals surface area (Å²) in [6.45, 7) is 0.783. The molecule has 0 fully saturated rings. The van der Waals surface area contributed by atoms with Gasteiger partial charge in [0.15, 0.2) is 5.13 Å². The van der Waals surface area contributed by atoms with Crippen LogP contribution in [0, 0.1) is 0 Å². The van der Waals surface area contributed by atoms with Crippen LogP contribution in [0.3, 0.4) is 0 Å². The van der Waals surface area contributed by atoms with Crippen LogP contribution < -0.4 is 10.2 Å². The van der Waals surface area contributed by atoms with Gasteiger partial charge in [0.05, 0.1) is 12.7 Å². The van der Waals surface area contributed by atoms with Crippen molar-refractivity contribution < 1.29 is 0 Å². The number of hydrogen-bond donors (Lipinski definition) is 1. The van der Waals surface area contributed by atoms with Gasteiger partial charge in [-0.25, -0.2) is 4.98 Å². The monoisotopic (exact) mass is 237 g/mol. The third kappa shape index (κ3) is 2.33. The Labute approximate surface area is 98.7 Å². The molecule has 5 nitrogen and oxygen atoms in total. The quantitative estimate of drug-likeness (QED) is 0.876. The molecular formula is C10H15N5S. The molecule has 16 heavy (non-hydrogen) atoms. The van der Waals surface area contributed by atoms with E-state index in [2.05, 4.69) is 15.4 Å². The number of anilines is 2. The summed E-state index contributed by atoms with van der Waals surface area (Å²) in [5.74, 6) is 1.01. The van der Waals surface area contributed by atoms with Crippen molar-refractivity contribution in [3.05, 3.63) is 23.3 Å². The first-order valence-corrected chi connectivity index (χ1v) is 5.82. The molecule has 0 spiro atoms. The molecule has 0 saturated heterocycles. The molecule has 2 aromatic rings. The van der Waals surface area contributed by atoms with Crippen LogP contribution in [0.2, 0.25) is 0 Å². The van der Waals surface area contributed by atoms with E-state index in [1.165, 1.54) is 4.88 Å². The summed E-state index contributed by atoms with van der Waals surface area (Å²) in [7, 11) is 5.91. The van der Waals surface area contributed by atoms with Gasteiger partial charge in [-0.2, -0.15) is 5.10 Å². The van der Waals surface area contributed by atoms with Gasteiger partial charge in [-0.15, -0.1) is 11.3 Å². The lowest BCUT2D eigenvalue weighted by Gasteiger charge is -2.06. The minimum atomic E-state index is 0.783. The van der Waals surface area contributed by atoms with E-state index in [0.717, 1.165) is 17.5 Å². The molecule has 86 valence electrons. The number of rotatable bonds is 4. The van der Waals surface area contributed by atoms with E-state index in [1.807, 2.05) is 43.0 Å². The van der Waals surface area contributed by atoms with Crippen LogP contribution in [-0.4, -0.2) is 28.9 Å². The third-order valence-electron chi connectivity index (χ3n) is 2.19. The summed E-state index contributed by atoms with van der Waals surface area (Å²) in [6, 6.07) is 1.95. The summed E-state index contributed by atoms with van der Waals surface area (Å²) >= 11 is 1.69. The molecule has 0 unspecified atom stereocenters. The first-order valence-electron chi connectivity index (χ1n) is 5.00. The zero-order chi connectivity index (χ0) is 11.5. The molecule has 0 amide bonds. The van der Waals surface area contributed by atoms with Crippen LogP contribution in [0.15, 0.2) is 18.5 Å². The maximum absolute atomic E-state index is 4.32. The second kappa shape index (κ2) is 4.52. The highest BCUT2D eigenvalue weighted by molar-refractivity contribution is 7.15. The van der Waals surface area contributed by atoms with E-state index in [9.17, 15) is 0 Å². The van der Waals surface area contributed by atoms with Crippen molar-refractivity contribution in [2.75, 3.05) is 24.3 Å². The number of nitrogens with one attached hydrogen (secondary N) is 1. The number of hydrogen-bond acceptors (Lipinski definition) is 5. The largest absolute Gasteiger partial charge is 0.365 e. The lowest BCUT2D eigenvalue weighted by molar-refractivity contribution is 0.769. The van der Waals surface area contributed by atoms with Gasteiger partial charge in [0, 0.05) is 38.3 Å². The van der Waals surface area contributed by atoms with E-state index >= 15 is 0 Å². The SMILES string of the molecule is CN(C)c1ncc(CNc2ccnn2C)s1. The minimum absolute atomic E-state index is 0.783. The Kier molecular flexibility index (Phi) is 3.09. The number of thiazole rings is 1. The number of nitrogens with zero attached hydrogens (tertiary/aromatic N) is 4. The molecule has 0 atom stereocenters. The Hall–Kier alpha value is -1.56. The van der Waals surface area contributed by atoms with E-state index in [0.29, 0.717) is 0 Å². The van der Waals surface area contributed by atoms with Gasteiger partial charge >= 0.3 is 0 Å². The Balaban J connectivity index is 1.97. The van der Waals surface area contributed by atoms with E-state index in [-0.39, 0.29) is 0 Å². The fourth-order valence-electron chi connectivity index (χ4n) is 1.31. The van der Waals surface area contributed by atoms with E-state index in [1.54, 1.807) is 17.5 Å². The van der Waals surface area contributed by atoms with Crippen molar-refractivity contribution in [3.63, 3.8) is 0 Å². The summed E-state index contributed by atoms with van der Waals surface area (Å²) in [5.41, 5.74) is 0. The van der Waals surface area contributed by atoms with Gasteiger partial charge in [-0.1, -0.05) is 0 Å². The molecule has 6 heteroatoms. The van der Waals surface area contributed by atoms with Crippen molar-refractivity contribution in [1.82, 2.24) is 14.8 Å². The average molecular weight is 237 g/mol. The summed E-state index contributed by atoms with van der Waals surface area (Å²) in [6.07, 6.45) is 3.68. The van der Waals surface area contributed by atoms with Crippen LogP contribution in [0.25, 0.3) is 0 Å². The topological polar surface area (TPSA) is 46.0 Å². The van der Waals surface area contributed by atoms with Crippen molar-refractivity contribution >= 4 is 22.3 Å². The van der Waals surface area contributed by atoms with Crippen LogP contribution >= 0.6 is 11.3 Å². The number of aromatic nitrogens is 3. The maximum Gasteiger partial charge on any atom is 0.185 e. The Morgan fingerprint density at radius 3 is 2.88 bits per heavy atom. The molecule has 2 heterocycles. The number of aryl methyl sites for hydroxylation is 1. The first kappa shape index (κ1) is 10.9. The highest BCUT2D eigenvalue weighted by Gasteiger charge is 2.04. The van der Waals surface area contributed by atoms with Gasteiger partial charge < -0.3 is 10.2 Å². The highest BCUT2D eigenvalue weighted by Crippen LogP contribution is 2.21. The smallest absolute Gasteiger partial charge is 0.185 e. The van der Waals surface area contributed by atoms with Crippen molar-refractivity contribution in [2.45, 2.75) is 6.54 Å². The van der Waals surface area contributed by atoms with E-state index in [4.69, 9.17) is 0 Å². The summed E-state index contributed by atoms with van der Waals surface area (Å²) < 4.78 is 1.81. The minimum Gasteiger partial charge on any atom is -0.365 e. The highest BCUT2D eigenvalue weighted by atomic mass is 32.1. The molecule has 0 aromatic carbocycles. The second-order valence-corrected chi connectivity index (χ2v) is 4.79. The molecule has 0 radical (unpaired) electrons. The summed E-state index contributed by atoms with van der Waals surface area (Å²) in [5, 5.41) is 8.44. The third-order valence-corrected chi connectivity index (χ3v) is 3.35. The van der Waals surface area contributed by atoms with Crippen LogP contribution in [0.1, 0.15) is 4.88 Å². The molecular weight excluding hydrogens is 222 g/mol. The molecule has 2 rings (SSSR count). The molecule has 0 aliphatic rings. The zero-order valence-corrected chi connectivity index (χ0v) is 10.5. The van der Waals surface area contributed by atoms with Gasteiger partial charge in [0.25, 0.3) is 0 Å². The van der Waals surface area contributed by atoms with Crippen LogP contribution in [0.4, 0.5) is 10.9 Å². The lowest BCUT2D eigenvalue weighted by Crippen LogP contribution is -2.07. The Bertz CT molecular complexity index is 459. The zero-order valence-electron chi connectivity index (χ0n) is 9.64. The standard InChI is InChI=1S/C10H15N5S/c1-14(2)10-12-7-8(16-10)6-11-9-4-5-13-15(9)3/h4-5,7,11H,6H2,1-3H3. The van der Waals surface area contributed by atoms with Crippen molar-refractivity contribution in [1.29, 1.82) is 0 Å². The van der Waals surface area contributed by atoms with Gasteiger partial charge in [-0.05, 0) is 0 Å². The Morgan fingerprint density at radius 1 is 1.50 bits per heavy atom.